The van der Waals surface area contributed by atoms with E-state index >= 15 is 0 Å². The summed E-state index contributed by atoms with van der Waals surface area (Å²) in [6.45, 7) is 0.480. The van der Waals surface area contributed by atoms with Crippen LogP contribution in [0, 0.1) is 0 Å². The second-order valence-corrected chi connectivity index (χ2v) is 4.21. The minimum atomic E-state index is -1.48. The van der Waals surface area contributed by atoms with Crippen LogP contribution in [-0.4, -0.2) is 43.5 Å². The molecule has 1 aromatic rings. The fourth-order valence-electron chi connectivity index (χ4n) is 1.89. The van der Waals surface area contributed by atoms with Gasteiger partial charge in [-0.1, -0.05) is 30.3 Å². The lowest BCUT2D eigenvalue weighted by molar-refractivity contribution is -0.156. The van der Waals surface area contributed by atoms with E-state index in [0.29, 0.717) is 6.61 Å². The maximum absolute atomic E-state index is 13.6. The average molecular weight is 256 g/mol. The topological polar surface area (TPSA) is 47.9 Å². The van der Waals surface area contributed by atoms with Crippen molar-refractivity contribution >= 4 is 0 Å². The number of halogens is 1. The van der Waals surface area contributed by atoms with Crippen molar-refractivity contribution in [3.8, 4) is 0 Å². The summed E-state index contributed by atoms with van der Waals surface area (Å²) in [7, 11) is 1.37. The first-order valence-electron chi connectivity index (χ1n) is 5.84. The molecule has 0 amide bonds. The average Bonchev–Trinajstić information content (AvgIpc) is 2.68. The van der Waals surface area contributed by atoms with Crippen molar-refractivity contribution in [3.05, 3.63) is 35.9 Å². The van der Waals surface area contributed by atoms with Gasteiger partial charge in [0, 0.05) is 7.11 Å². The molecule has 4 atom stereocenters. The number of benzene rings is 1. The molecule has 0 aliphatic carbocycles. The minimum absolute atomic E-state index is 0.0903. The minimum Gasteiger partial charge on any atom is -0.385 e. The van der Waals surface area contributed by atoms with Crippen LogP contribution in [0.3, 0.4) is 0 Å². The molecular formula is C13H17FO4. The summed E-state index contributed by atoms with van der Waals surface area (Å²) in [6, 6.07) is 9.59. The van der Waals surface area contributed by atoms with Crippen LogP contribution in [0.1, 0.15) is 5.56 Å². The zero-order valence-corrected chi connectivity index (χ0v) is 10.2. The summed E-state index contributed by atoms with van der Waals surface area (Å²) in [5.41, 5.74) is 1.01. The highest BCUT2D eigenvalue weighted by Gasteiger charge is 2.44. The van der Waals surface area contributed by atoms with Crippen LogP contribution in [0.5, 0.6) is 0 Å². The molecule has 1 fully saturated rings. The van der Waals surface area contributed by atoms with Gasteiger partial charge < -0.3 is 19.3 Å². The first-order chi connectivity index (χ1) is 8.72. The normalized spacial score (nSPS) is 31.7. The molecule has 0 saturated carbocycles. The Balaban J connectivity index is 1.77. The Morgan fingerprint density at radius 3 is 2.67 bits per heavy atom. The van der Waals surface area contributed by atoms with Gasteiger partial charge in [-0.3, -0.25) is 0 Å². The molecule has 5 heteroatoms. The van der Waals surface area contributed by atoms with Crippen LogP contribution in [0.25, 0.3) is 0 Å². The lowest BCUT2D eigenvalue weighted by atomic mass is 10.2. The first kappa shape index (κ1) is 13.4. The molecule has 0 aromatic heterocycles. The van der Waals surface area contributed by atoms with Crippen molar-refractivity contribution in [2.24, 2.45) is 0 Å². The number of ether oxygens (including phenoxy) is 3. The zero-order valence-electron chi connectivity index (χ0n) is 10.2. The van der Waals surface area contributed by atoms with Gasteiger partial charge in [0.2, 0.25) is 0 Å². The molecule has 1 heterocycles. The molecule has 0 radical (unpaired) electrons. The lowest BCUT2D eigenvalue weighted by Gasteiger charge is -2.13. The van der Waals surface area contributed by atoms with Crippen LogP contribution >= 0.6 is 0 Å². The van der Waals surface area contributed by atoms with Crippen molar-refractivity contribution in [2.45, 2.75) is 31.3 Å². The molecular weight excluding hydrogens is 239 g/mol. The van der Waals surface area contributed by atoms with Crippen molar-refractivity contribution in [2.75, 3.05) is 13.7 Å². The van der Waals surface area contributed by atoms with E-state index in [0.717, 1.165) is 5.56 Å². The molecule has 100 valence electrons. The van der Waals surface area contributed by atoms with Gasteiger partial charge in [-0.15, -0.1) is 0 Å². The van der Waals surface area contributed by atoms with E-state index in [4.69, 9.17) is 14.2 Å². The van der Waals surface area contributed by atoms with E-state index in [1.165, 1.54) is 7.11 Å². The van der Waals surface area contributed by atoms with Crippen LogP contribution in [0.15, 0.2) is 30.3 Å². The summed E-state index contributed by atoms with van der Waals surface area (Å²) < 4.78 is 29.0. The zero-order chi connectivity index (χ0) is 13.0. The Bertz CT molecular complexity index is 359. The number of aliphatic hydroxyl groups is 1. The SMILES string of the molecule is CO[C@H]1O[C@H](COCc2ccccc2)[C@H](F)[C@@H]1O. The first-order valence-corrected chi connectivity index (χ1v) is 5.84. The predicted octanol–water partition coefficient (Wildman–Crippen LogP) is 1.27. The lowest BCUT2D eigenvalue weighted by Crippen LogP contribution is -2.31. The maximum Gasteiger partial charge on any atom is 0.186 e. The molecule has 1 saturated heterocycles. The Labute approximate surface area is 105 Å². The molecule has 1 aromatic carbocycles. The van der Waals surface area contributed by atoms with Crippen molar-refractivity contribution < 1.29 is 23.7 Å². The third-order valence-corrected chi connectivity index (χ3v) is 2.90. The van der Waals surface area contributed by atoms with E-state index < -0.39 is 24.7 Å². The Kier molecular flexibility index (Phi) is 4.66. The number of hydrogen-bond acceptors (Lipinski definition) is 4. The van der Waals surface area contributed by atoms with Crippen molar-refractivity contribution in [1.82, 2.24) is 0 Å². The quantitative estimate of drug-likeness (QED) is 0.862. The molecule has 0 spiro atoms. The molecule has 1 aliphatic rings. The molecule has 18 heavy (non-hydrogen) atoms. The van der Waals surface area contributed by atoms with Gasteiger partial charge in [-0.2, -0.15) is 0 Å². The van der Waals surface area contributed by atoms with Crippen LogP contribution in [-0.2, 0) is 20.8 Å². The standard InChI is InChI=1S/C13H17FO4/c1-16-13-12(15)11(14)10(18-13)8-17-7-9-5-3-2-4-6-9/h2-6,10-13,15H,7-8H2,1H3/t10-,11+,12+,13+/m1/s1. The second kappa shape index (κ2) is 6.24. The molecule has 0 bridgehead atoms. The number of hydrogen-bond donors (Lipinski definition) is 1. The molecule has 1 aliphatic heterocycles. The number of rotatable bonds is 5. The Morgan fingerprint density at radius 1 is 1.33 bits per heavy atom. The number of methoxy groups -OCH3 is 1. The number of aliphatic hydroxyl groups excluding tert-OH is 1. The van der Waals surface area contributed by atoms with Gasteiger partial charge >= 0.3 is 0 Å². The van der Waals surface area contributed by atoms with E-state index in [9.17, 15) is 9.50 Å². The Morgan fingerprint density at radius 2 is 2.06 bits per heavy atom. The third kappa shape index (κ3) is 3.05. The van der Waals surface area contributed by atoms with E-state index in [1.807, 2.05) is 30.3 Å². The summed E-state index contributed by atoms with van der Waals surface area (Å²) in [5, 5.41) is 9.46. The largest absolute Gasteiger partial charge is 0.385 e. The highest BCUT2D eigenvalue weighted by Crippen LogP contribution is 2.24. The van der Waals surface area contributed by atoms with Crippen molar-refractivity contribution in [3.63, 3.8) is 0 Å². The fourth-order valence-corrected chi connectivity index (χ4v) is 1.89. The van der Waals surface area contributed by atoms with Gasteiger partial charge in [0.25, 0.3) is 0 Å². The predicted molar refractivity (Wildman–Crippen MR) is 62.7 cm³/mol. The van der Waals surface area contributed by atoms with E-state index in [1.54, 1.807) is 0 Å². The smallest absolute Gasteiger partial charge is 0.186 e. The summed E-state index contributed by atoms with van der Waals surface area (Å²) >= 11 is 0. The van der Waals surface area contributed by atoms with Crippen LogP contribution < -0.4 is 0 Å². The molecule has 2 rings (SSSR count). The van der Waals surface area contributed by atoms with Crippen molar-refractivity contribution in [1.29, 1.82) is 0 Å². The Hall–Kier alpha value is -1.01. The third-order valence-electron chi connectivity index (χ3n) is 2.90. The van der Waals surface area contributed by atoms with Gasteiger partial charge in [0.05, 0.1) is 13.2 Å². The molecule has 1 N–H and O–H groups in total. The second-order valence-electron chi connectivity index (χ2n) is 4.21. The van der Waals surface area contributed by atoms with Gasteiger partial charge in [-0.05, 0) is 5.56 Å². The fraction of sp³-hybridized carbons (Fsp3) is 0.538. The molecule has 4 nitrogen and oxygen atoms in total. The van der Waals surface area contributed by atoms with Crippen LogP contribution in [0.2, 0.25) is 0 Å². The molecule has 0 unspecified atom stereocenters. The summed E-state index contributed by atoms with van der Waals surface area (Å²) in [6.07, 6.45) is -4.43. The highest BCUT2D eigenvalue weighted by molar-refractivity contribution is 5.13. The summed E-state index contributed by atoms with van der Waals surface area (Å²) in [4.78, 5) is 0. The maximum atomic E-state index is 13.6. The summed E-state index contributed by atoms with van der Waals surface area (Å²) in [5.74, 6) is 0. The van der Waals surface area contributed by atoms with Gasteiger partial charge in [-0.25, -0.2) is 4.39 Å². The van der Waals surface area contributed by atoms with E-state index in [2.05, 4.69) is 0 Å². The number of alkyl halides is 1. The highest BCUT2D eigenvalue weighted by atomic mass is 19.1. The van der Waals surface area contributed by atoms with Crippen LogP contribution in [0.4, 0.5) is 4.39 Å². The van der Waals surface area contributed by atoms with E-state index in [-0.39, 0.29) is 6.61 Å². The van der Waals surface area contributed by atoms with Gasteiger partial charge in [0.15, 0.2) is 12.5 Å². The van der Waals surface area contributed by atoms with Gasteiger partial charge in [0.1, 0.15) is 12.2 Å². The monoisotopic (exact) mass is 256 g/mol.